The minimum atomic E-state index is 0.525. The lowest BCUT2D eigenvalue weighted by Crippen LogP contribution is -2.31. The maximum atomic E-state index is 5.79. The Balaban J connectivity index is 1.84. The van der Waals surface area contributed by atoms with Gasteiger partial charge in [0.25, 0.3) is 0 Å². The highest BCUT2D eigenvalue weighted by molar-refractivity contribution is 9.09. The predicted molar refractivity (Wildman–Crippen MR) is 74.2 cm³/mol. The monoisotopic (exact) mass is 295 g/mol. The van der Waals surface area contributed by atoms with E-state index in [0.717, 1.165) is 30.7 Å². The van der Waals surface area contributed by atoms with Crippen molar-refractivity contribution < 1.29 is 4.74 Å². The Kier molecular flexibility index (Phi) is 3.03. The second-order valence-electron chi connectivity index (χ2n) is 5.22. The molecule has 0 amide bonds. The van der Waals surface area contributed by atoms with Gasteiger partial charge in [-0.2, -0.15) is 0 Å². The zero-order chi connectivity index (χ0) is 11.7. The summed E-state index contributed by atoms with van der Waals surface area (Å²) in [6, 6.07) is 8.43. The molecule has 0 atom stereocenters. The Labute approximate surface area is 111 Å². The molecular weight excluding hydrogens is 278 g/mol. The van der Waals surface area contributed by atoms with Crippen molar-refractivity contribution in [2.75, 3.05) is 29.9 Å². The van der Waals surface area contributed by atoms with E-state index in [-0.39, 0.29) is 0 Å². The molecule has 0 saturated heterocycles. The van der Waals surface area contributed by atoms with E-state index in [0.29, 0.717) is 5.41 Å². The Morgan fingerprint density at radius 1 is 1.29 bits per heavy atom. The number of hydrogen-bond donors (Lipinski definition) is 0. The van der Waals surface area contributed by atoms with Gasteiger partial charge >= 0.3 is 0 Å². The molecule has 0 spiro atoms. The van der Waals surface area contributed by atoms with Gasteiger partial charge in [-0.05, 0) is 36.8 Å². The summed E-state index contributed by atoms with van der Waals surface area (Å²) in [5, 5.41) is 1.12. The standard InChI is InChI=1S/C14H18BrNO/c15-10-14(6-7-14)11-16-8-3-9-17-13-5-2-1-4-12(13)16/h1-2,4-5H,3,6-11H2. The number of ether oxygens (including phenoxy) is 1. The van der Waals surface area contributed by atoms with Gasteiger partial charge in [0.05, 0.1) is 12.3 Å². The summed E-state index contributed by atoms with van der Waals surface area (Å²) in [5.41, 5.74) is 1.80. The Morgan fingerprint density at radius 2 is 2.12 bits per heavy atom. The van der Waals surface area contributed by atoms with Crippen LogP contribution in [0.25, 0.3) is 0 Å². The molecule has 1 aromatic rings. The third-order valence-electron chi connectivity index (χ3n) is 3.80. The fraction of sp³-hybridized carbons (Fsp3) is 0.571. The van der Waals surface area contributed by atoms with Gasteiger partial charge in [-0.3, -0.25) is 0 Å². The SMILES string of the molecule is BrCC1(CN2CCCOc3ccccc32)CC1. The minimum absolute atomic E-state index is 0.525. The molecule has 0 N–H and O–H groups in total. The molecule has 1 fully saturated rings. The van der Waals surface area contributed by atoms with Gasteiger partial charge in [-0.25, -0.2) is 0 Å². The lowest BCUT2D eigenvalue weighted by molar-refractivity contribution is 0.322. The molecule has 1 aromatic carbocycles. The zero-order valence-corrected chi connectivity index (χ0v) is 11.6. The van der Waals surface area contributed by atoms with Crippen LogP contribution in [0, 0.1) is 5.41 Å². The van der Waals surface area contributed by atoms with Crippen LogP contribution in [0.3, 0.4) is 0 Å². The van der Waals surface area contributed by atoms with Gasteiger partial charge in [0, 0.05) is 18.4 Å². The number of hydrogen-bond acceptors (Lipinski definition) is 2. The molecule has 0 aromatic heterocycles. The summed E-state index contributed by atoms with van der Waals surface area (Å²) >= 11 is 3.66. The Bertz CT molecular complexity index is 403. The highest BCUT2D eigenvalue weighted by Gasteiger charge is 2.43. The average Bonchev–Trinajstić information content (AvgIpc) is 3.16. The number of fused-ring (bicyclic) bond motifs is 1. The molecule has 92 valence electrons. The summed E-state index contributed by atoms with van der Waals surface area (Å²) < 4.78 is 5.79. The van der Waals surface area contributed by atoms with E-state index in [1.807, 2.05) is 0 Å². The average molecular weight is 296 g/mol. The lowest BCUT2D eigenvalue weighted by Gasteiger charge is -2.27. The summed E-state index contributed by atoms with van der Waals surface area (Å²) in [6.07, 6.45) is 3.84. The number of para-hydroxylation sites is 2. The molecule has 1 heterocycles. The molecule has 1 saturated carbocycles. The van der Waals surface area contributed by atoms with E-state index in [2.05, 4.69) is 45.1 Å². The van der Waals surface area contributed by atoms with Gasteiger partial charge in [0.1, 0.15) is 5.75 Å². The quantitative estimate of drug-likeness (QED) is 0.792. The zero-order valence-electron chi connectivity index (χ0n) is 9.99. The molecule has 1 aliphatic carbocycles. The van der Waals surface area contributed by atoms with Gasteiger partial charge in [0.15, 0.2) is 0 Å². The largest absolute Gasteiger partial charge is 0.491 e. The van der Waals surface area contributed by atoms with E-state index in [1.54, 1.807) is 0 Å². The van der Waals surface area contributed by atoms with Crippen molar-refractivity contribution >= 4 is 21.6 Å². The predicted octanol–water partition coefficient (Wildman–Crippen LogP) is 3.45. The van der Waals surface area contributed by atoms with Crippen molar-refractivity contribution in [2.45, 2.75) is 19.3 Å². The second kappa shape index (κ2) is 4.52. The van der Waals surface area contributed by atoms with Crippen LogP contribution in [0.15, 0.2) is 24.3 Å². The summed E-state index contributed by atoms with van der Waals surface area (Å²) in [5.74, 6) is 1.05. The number of anilines is 1. The van der Waals surface area contributed by atoms with Crippen molar-refractivity contribution in [2.24, 2.45) is 5.41 Å². The number of halogens is 1. The van der Waals surface area contributed by atoms with Gasteiger partial charge in [-0.1, -0.05) is 28.1 Å². The van der Waals surface area contributed by atoms with Crippen molar-refractivity contribution in [3.63, 3.8) is 0 Å². The highest BCUT2D eigenvalue weighted by atomic mass is 79.9. The van der Waals surface area contributed by atoms with Crippen LogP contribution in [-0.2, 0) is 0 Å². The van der Waals surface area contributed by atoms with Crippen molar-refractivity contribution in [1.29, 1.82) is 0 Å². The molecule has 17 heavy (non-hydrogen) atoms. The maximum Gasteiger partial charge on any atom is 0.142 e. The van der Waals surface area contributed by atoms with Crippen LogP contribution in [0.2, 0.25) is 0 Å². The fourth-order valence-corrected chi connectivity index (χ4v) is 3.22. The van der Waals surface area contributed by atoms with Crippen molar-refractivity contribution in [3.8, 4) is 5.75 Å². The third-order valence-corrected chi connectivity index (χ3v) is 4.99. The van der Waals surface area contributed by atoms with E-state index >= 15 is 0 Å². The van der Waals surface area contributed by atoms with E-state index in [4.69, 9.17) is 4.74 Å². The van der Waals surface area contributed by atoms with E-state index < -0.39 is 0 Å². The molecule has 0 unspecified atom stereocenters. The molecule has 1 aliphatic heterocycles. The molecule has 3 rings (SSSR count). The van der Waals surface area contributed by atoms with Crippen molar-refractivity contribution in [3.05, 3.63) is 24.3 Å². The van der Waals surface area contributed by atoms with Crippen LogP contribution in [0.4, 0.5) is 5.69 Å². The van der Waals surface area contributed by atoms with E-state index in [9.17, 15) is 0 Å². The molecule has 0 radical (unpaired) electrons. The summed E-state index contributed by atoms with van der Waals surface area (Å²) in [6.45, 7) is 3.12. The first-order valence-electron chi connectivity index (χ1n) is 6.36. The highest BCUT2D eigenvalue weighted by Crippen LogP contribution is 2.49. The topological polar surface area (TPSA) is 12.5 Å². The van der Waals surface area contributed by atoms with Crippen LogP contribution in [0.1, 0.15) is 19.3 Å². The van der Waals surface area contributed by atoms with E-state index in [1.165, 1.54) is 25.1 Å². The maximum absolute atomic E-state index is 5.79. The third kappa shape index (κ3) is 2.30. The van der Waals surface area contributed by atoms with Crippen LogP contribution < -0.4 is 9.64 Å². The van der Waals surface area contributed by atoms with Crippen LogP contribution in [0.5, 0.6) is 5.75 Å². The normalized spacial score (nSPS) is 21.4. The number of benzene rings is 1. The number of alkyl halides is 1. The van der Waals surface area contributed by atoms with Gasteiger partial charge in [0.2, 0.25) is 0 Å². The molecule has 2 aliphatic rings. The smallest absolute Gasteiger partial charge is 0.142 e. The van der Waals surface area contributed by atoms with Crippen LogP contribution in [-0.4, -0.2) is 25.0 Å². The first-order chi connectivity index (χ1) is 8.33. The second-order valence-corrected chi connectivity index (χ2v) is 5.79. The first-order valence-corrected chi connectivity index (χ1v) is 7.48. The first kappa shape index (κ1) is 11.4. The van der Waals surface area contributed by atoms with Gasteiger partial charge in [-0.15, -0.1) is 0 Å². The number of nitrogens with zero attached hydrogens (tertiary/aromatic N) is 1. The lowest BCUT2D eigenvalue weighted by atomic mass is 10.1. The minimum Gasteiger partial charge on any atom is -0.491 e. The molecule has 2 nitrogen and oxygen atoms in total. The fourth-order valence-electron chi connectivity index (χ4n) is 2.48. The molecule has 3 heteroatoms. The molecular formula is C14H18BrNO. The Hall–Kier alpha value is -0.700. The summed E-state index contributed by atoms with van der Waals surface area (Å²) in [7, 11) is 0. The Morgan fingerprint density at radius 3 is 2.88 bits per heavy atom. The molecule has 0 bridgehead atoms. The van der Waals surface area contributed by atoms with Gasteiger partial charge < -0.3 is 9.64 Å². The van der Waals surface area contributed by atoms with Crippen molar-refractivity contribution in [1.82, 2.24) is 0 Å². The number of rotatable bonds is 3. The summed E-state index contributed by atoms with van der Waals surface area (Å²) in [4.78, 5) is 2.51. The van der Waals surface area contributed by atoms with Crippen LogP contribution >= 0.6 is 15.9 Å².